The molecule has 0 aliphatic rings. The van der Waals surface area contributed by atoms with Gasteiger partial charge in [-0.3, -0.25) is 0 Å². The Kier molecular flexibility index (Phi) is 4.62. The third-order valence-corrected chi connectivity index (χ3v) is 5.68. The second kappa shape index (κ2) is 7.56. The molecule has 5 nitrogen and oxygen atoms in total. The van der Waals surface area contributed by atoms with Gasteiger partial charge >= 0.3 is 0 Å². The minimum absolute atomic E-state index is 0.701. The molecule has 29 heavy (non-hydrogen) atoms. The van der Waals surface area contributed by atoms with E-state index in [-0.39, 0.29) is 0 Å². The summed E-state index contributed by atoms with van der Waals surface area (Å²) in [6.07, 6.45) is 0. The summed E-state index contributed by atoms with van der Waals surface area (Å²) in [7, 11) is 1.68. The van der Waals surface area contributed by atoms with Gasteiger partial charge in [0, 0.05) is 16.7 Å². The molecule has 0 saturated carbocycles. The molecule has 2 heterocycles. The molecule has 5 rings (SSSR count). The maximum absolute atomic E-state index is 5.33. The van der Waals surface area contributed by atoms with E-state index in [1.807, 2.05) is 77.3 Å². The summed E-state index contributed by atoms with van der Waals surface area (Å²) in [5.41, 5.74) is 3.90. The lowest BCUT2D eigenvalue weighted by Crippen LogP contribution is -1.98. The lowest BCUT2D eigenvalue weighted by molar-refractivity contribution is 0.414. The van der Waals surface area contributed by atoms with Gasteiger partial charge in [-0.2, -0.15) is 4.52 Å². The van der Waals surface area contributed by atoms with Crippen molar-refractivity contribution < 1.29 is 4.74 Å². The summed E-state index contributed by atoms with van der Waals surface area (Å²) >= 11 is 1.64. The maximum atomic E-state index is 5.33. The highest BCUT2D eigenvalue weighted by Crippen LogP contribution is 2.28. The van der Waals surface area contributed by atoms with E-state index in [0.29, 0.717) is 5.82 Å². The Morgan fingerprint density at radius 2 is 1.72 bits per heavy atom. The normalized spacial score (nSPS) is 11.2. The molecule has 0 amide bonds. The summed E-state index contributed by atoms with van der Waals surface area (Å²) in [4.78, 5) is 9.69. The zero-order valence-corrected chi connectivity index (χ0v) is 16.6. The van der Waals surface area contributed by atoms with Crippen LogP contribution in [0.5, 0.6) is 5.75 Å². The van der Waals surface area contributed by atoms with Crippen LogP contribution in [0.3, 0.4) is 0 Å². The maximum Gasteiger partial charge on any atom is 0.191 e. The van der Waals surface area contributed by atoms with Crippen molar-refractivity contribution in [3.63, 3.8) is 0 Å². The van der Waals surface area contributed by atoms with E-state index in [0.717, 1.165) is 38.8 Å². The second-order valence-corrected chi connectivity index (χ2v) is 7.53. The fraction of sp³-hybridized carbons (Fsp3) is 0.0870. The largest absolute Gasteiger partial charge is 0.497 e. The first-order chi connectivity index (χ1) is 14.3. The van der Waals surface area contributed by atoms with Crippen molar-refractivity contribution in [2.24, 2.45) is 0 Å². The monoisotopic (exact) mass is 398 g/mol. The Balaban J connectivity index is 1.60. The molecular weight excluding hydrogens is 380 g/mol. The first kappa shape index (κ1) is 17.7. The molecule has 0 unspecified atom stereocenters. The van der Waals surface area contributed by atoms with E-state index in [1.165, 1.54) is 5.56 Å². The number of aromatic nitrogens is 4. The number of nitrogens with zero attached hydrogens (tertiary/aromatic N) is 4. The average molecular weight is 398 g/mol. The summed E-state index contributed by atoms with van der Waals surface area (Å²) in [5.74, 6) is 2.32. The van der Waals surface area contributed by atoms with Gasteiger partial charge in [-0.15, -0.1) is 5.10 Å². The van der Waals surface area contributed by atoms with Gasteiger partial charge in [0.25, 0.3) is 0 Å². The van der Waals surface area contributed by atoms with Crippen LogP contribution in [0.1, 0.15) is 5.56 Å². The van der Waals surface area contributed by atoms with E-state index >= 15 is 0 Å². The summed E-state index contributed by atoms with van der Waals surface area (Å²) in [6, 6.07) is 26.2. The number of rotatable bonds is 5. The predicted octanol–water partition coefficient (Wildman–Crippen LogP) is 5.25. The molecular formula is C23H18N4OS. The van der Waals surface area contributed by atoms with Crippen LogP contribution in [0.4, 0.5) is 0 Å². The van der Waals surface area contributed by atoms with Gasteiger partial charge in [-0.25, -0.2) is 9.97 Å². The topological polar surface area (TPSA) is 52.3 Å². The molecule has 6 heteroatoms. The number of thioether (sulfide) groups is 1. The fourth-order valence-corrected chi connectivity index (χ4v) is 4.13. The van der Waals surface area contributed by atoms with Crippen molar-refractivity contribution in [2.45, 2.75) is 10.9 Å². The Bertz CT molecular complexity index is 1300. The van der Waals surface area contributed by atoms with Gasteiger partial charge in [0.2, 0.25) is 0 Å². The predicted molar refractivity (Wildman–Crippen MR) is 116 cm³/mol. The van der Waals surface area contributed by atoms with Gasteiger partial charge in [0.05, 0.1) is 12.6 Å². The summed E-state index contributed by atoms with van der Waals surface area (Å²) < 4.78 is 7.19. The molecule has 2 aromatic heterocycles. The van der Waals surface area contributed by atoms with E-state index < -0.39 is 0 Å². The minimum atomic E-state index is 0.701. The third-order valence-electron chi connectivity index (χ3n) is 4.68. The highest BCUT2D eigenvalue weighted by atomic mass is 32.2. The number of para-hydroxylation sites is 1. The Morgan fingerprint density at radius 3 is 2.59 bits per heavy atom. The summed E-state index contributed by atoms with van der Waals surface area (Å²) in [5, 5.41) is 6.59. The van der Waals surface area contributed by atoms with Crippen LogP contribution in [-0.2, 0) is 5.75 Å². The van der Waals surface area contributed by atoms with Gasteiger partial charge in [-0.1, -0.05) is 66.4 Å². The molecule has 142 valence electrons. The van der Waals surface area contributed by atoms with Crippen LogP contribution < -0.4 is 4.74 Å². The first-order valence-corrected chi connectivity index (χ1v) is 10.3. The second-order valence-electron chi connectivity index (χ2n) is 6.59. The summed E-state index contributed by atoms with van der Waals surface area (Å²) in [6.45, 7) is 0. The number of fused-ring (bicyclic) bond motifs is 3. The lowest BCUT2D eigenvalue weighted by Gasteiger charge is -2.07. The third kappa shape index (κ3) is 3.43. The first-order valence-electron chi connectivity index (χ1n) is 9.28. The molecule has 0 saturated heterocycles. The molecule has 0 aliphatic carbocycles. The SMILES string of the molecule is COc1cccc(CSc2nc3ccccc3c3nc(-c4ccccc4)nn23)c1. The van der Waals surface area contributed by atoms with Crippen LogP contribution in [0.2, 0.25) is 0 Å². The van der Waals surface area contributed by atoms with Gasteiger partial charge in [0.15, 0.2) is 16.6 Å². The van der Waals surface area contributed by atoms with Crippen molar-refractivity contribution in [3.8, 4) is 17.1 Å². The van der Waals surface area contributed by atoms with Crippen LogP contribution in [0, 0.1) is 0 Å². The highest BCUT2D eigenvalue weighted by molar-refractivity contribution is 7.98. The molecule has 3 aromatic carbocycles. The number of benzene rings is 3. The zero-order chi connectivity index (χ0) is 19.6. The molecule has 0 fully saturated rings. The van der Waals surface area contributed by atoms with E-state index in [9.17, 15) is 0 Å². The van der Waals surface area contributed by atoms with E-state index in [1.54, 1.807) is 18.9 Å². The highest BCUT2D eigenvalue weighted by Gasteiger charge is 2.15. The molecule has 0 spiro atoms. The Morgan fingerprint density at radius 1 is 0.897 bits per heavy atom. The van der Waals surface area contributed by atoms with E-state index in [4.69, 9.17) is 19.8 Å². The number of hydrogen-bond acceptors (Lipinski definition) is 5. The van der Waals surface area contributed by atoms with Crippen molar-refractivity contribution in [1.82, 2.24) is 19.6 Å². The number of ether oxygens (including phenoxy) is 1. The quantitative estimate of drug-likeness (QED) is 0.299. The Hall–Kier alpha value is -3.38. The van der Waals surface area contributed by atoms with Crippen molar-refractivity contribution >= 4 is 28.3 Å². The van der Waals surface area contributed by atoms with Gasteiger partial charge in [-0.05, 0) is 29.8 Å². The van der Waals surface area contributed by atoms with Gasteiger partial charge < -0.3 is 4.74 Å². The molecule has 0 radical (unpaired) electrons. The molecule has 0 atom stereocenters. The minimum Gasteiger partial charge on any atom is -0.497 e. The smallest absolute Gasteiger partial charge is 0.191 e. The average Bonchev–Trinajstić information content (AvgIpc) is 3.24. The van der Waals surface area contributed by atoms with E-state index in [2.05, 4.69) is 6.07 Å². The molecule has 0 bridgehead atoms. The van der Waals surface area contributed by atoms with Crippen molar-refractivity contribution in [3.05, 3.63) is 84.4 Å². The van der Waals surface area contributed by atoms with Crippen LogP contribution in [-0.4, -0.2) is 26.7 Å². The van der Waals surface area contributed by atoms with Crippen LogP contribution >= 0.6 is 11.8 Å². The molecule has 0 N–H and O–H groups in total. The van der Waals surface area contributed by atoms with Crippen LogP contribution in [0.15, 0.2) is 84.0 Å². The van der Waals surface area contributed by atoms with Crippen molar-refractivity contribution in [1.29, 1.82) is 0 Å². The van der Waals surface area contributed by atoms with Crippen molar-refractivity contribution in [2.75, 3.05) is 7.11 Å². The standard InChI is InChI=1S/C23H18N4OS/c1-28-18-11-7-8-16(14-18)15-29-23-24-20-13-6-5-12-19(20)22-25-21(26-27(22)23)17-9-3-2-4-10-17/h2-14H,15H2,1H3. The lowest BCUT2D eigenvalue weighted by atomic mass is 10.2. The molecule has 5 aromatic rings. The van der Waals surface area contributed by atoms with Crippen LogP contribution in [0.25, 0.3) is 27.9 Å². The number of methoxy groups -OCH3 is 1. The van der Waals surface area contributed by atoms with Gasteiger partial charge in [0.1, 0.15) is 5.75 Å². The fourth-order valence-electron chi connectivity index (χ4n) is 3.24. The Labute approximate surface area is 172 Å². The zero-order valence-electron chi connectivity index (χ0n) is 15.8. The molecule has 0 aliphatic heterocycles. The number of hydrogen-bond donors (Lipinski definition) is 0.